The highest BCUT2D eigenvalue weighted by Gasteiger charge is 2.33. The van der Waals surface area contributed by atoms with E-state index >= 15 is 0 Å². The first-order valence-electron chi connectivity index (χ1n) is 5.31. The molecule has 0 saturated heterocycles. The van der Waals surface area contributed by atoms with Crippen molar-refractivity contribution in [3.05, 3.63) is 57.6 Å². The van der Waals surface area contributed by atoms with E-state index in [4.69, 9.17) is 57.9 Å². The Morgan fingerprint density at radius 3 is 1.74 bits per heavy atom. The summed E-state index contributed by atoms with van der Waals surface area (Å²) in [5.41, 5.74) is 13.4. The van der Waals surface area contributed by atoms with E-state index in [1.807, 2.05) is 0 Å². The summed E-state index contributed by atoms with van der Waals surface area (Å²) in [7, 11) is 0. The molecule has 0 aliphatic heterocycles. The highest BCUT2D eigenvalue weighted by molar-refractivity contribution is 6.52. The van der Waals surface area contributed by atoms with E-state index in [9.17, 15) is 0 Å². The monoisotopic (exact) mass is 334 g/mol. The maximum atomic E-state index is 6.42. The van der Waals surface area contributed by atoms with Crippen molar-refractivity contribution in [3.8, 4) is 0 Å². The van der Waals surface area contributed by atoms with Gasteiger partial charge < -0.3 is 11.5 Å². The van der Waals surface area contributed by atoms with Crippen molar-refractivity contribution in [2.45, 2.75) is 4.33 Å². The van der Waals surface area contributed by atoms with Crippen LogP contribution in [0.3, 0.4) is 0 Å². The highest BCUT2D eigenvalue weighted by Crippen LogP contribution is 2.47. The fourth-order valence-electron chi connectivity index (χ4n) is 1.73. The van der Waals surface area contributed by atoms with Gasteiger partial charge in [-0.15, -0.1) is 0 Å². The second kappa shape index (κ2) is 5.29. The van der Waals surface area contributed by atoms with Crippen molar-refractivity contribution in [1.29, 1.82) is 0 Å². The molecule has 0 bridgehead atoms. The van der Waals surface area contributed by atoms with Gasteiger partial charge >= 0.3 is 0 Å². The van der Waals surface area contributed by atoms with Gasteiger partial charge in [0.05, 0.1) is 10.0 Å². The quantitative estimate of drug-likeness (QED) is 0.609. The number of halogens is 4. The number of benzene rings is 2. The maximum absolute atomic E-state index is 6.42. The van der Waals surface area contributed by atoms with Crippen molar-refractivity contribution in [2.75, 3.05) is 11.5 Å². The summed E-state index contributed by atoms with van der Waals surface area (Å²) in [5.74, 6) is 0. The molecule has 0 heterocycles. The zero-order valence-corrected chi connectivity index (χ0v) is 12.7. The number of anilines is 2. The van der Waals surface area contributed by atoms with Crippen LogP contribution in [0.2, 0.25) is 10.0 Å². The van der Waals surface area contributed by atoms with Crippen LogP contribution in [0.15, 0.2) is 36.4 Å². The molecular formula is C13H10Cl4N2. The summed E-state index contributed by atoms with van der Waals surface area (Å²) in [6, 6.07) is 9.96. The number of hydrogen-bond donors (Lipinski definition) is 2. The van der Waals surface area contributed by atoms with E-state index in [0.29, 0.717) is 32.5 Å². The van der Waals surface area contributed by atoms with E-state index in [-0.39, 0.29) is 0 Å². The molecule has 19 heavy (non-hydrogen) atoms. The molecule has 0 radical (unpaired) electrons. The van der Waals surface area contributed by atoms with E-state index in [2.05, 4.69) is 0 Å². The Morgan fingerprint density at radius 1 is 0.789 bits per heavy atom. The third-order valence-electron chi connectivity index (χ3n) is 2.65. The van der Waals surface area contributed by atoms with Gasteiger partial charge in [-0.1, -0.05) is 58.5 Å². The highest BCUT2D eigenvalue weighted by atomic mass is 35.5. The van der Waals surface area contributed by atoms with Gasteiger partial charge in [-0.25, -0.2) is 0 Å². The molecule has 0 fully saturated rings. The van der Waals surface area contributed by atoms with Crippen molar-refractivity contribution in [1.82, 2.24) is 0 Å². The number of nitrogens with two attached hydrogens (primary N) is 2. The molecule has 0 atom stereocenters. The maximum Gasteiger partial charge on any atom is 0.171 e. The third-order valence-corrected chi connectivity index (χ3v) is 4.06. The van der Waals surface area contributed by atoms with Crippen molar-refractivity contribution in [2.24, 2.45) is 0 Å². The van der Waals surface area contributed by atoms with Gasteiger partial charge in [0.25, 0.3) is 0 Å². The van der Waals surface area contributed by atoms with E-state index in [0.717, 1.165) is 0 Å². The van der Waals surface area contributed by atoms with Gasteiger partial charge in [0, 0.05) is 16.9 Å². The minimum absolute atomic E-state index is 0.312. The lowest BCUT2D eigenvalue weighted by atomic mass is 10.0. The molecule has 6 heteroatoms. The lowest BCUT2D eigenvalue weighted by molar-refractivity contribution is 1.04. The van der Waals surface area contributed by atoms with Crippen molar-refractivity contribution >= 4 is 57.8 Å². The summed E-state index contributed by atoms with van der Waals surface area (Å²) in [6.07, 6.45) is 0. The Labute approximate surface area is 131 Å². The summed E-state index contributed by atoms with van der Waals surface area (Å²) in [6.45, 7) is 0. The second-order valence-corrected chi connectivity index (χ2v) is 6.20. The van der Waals surface area contributed by atoms with Crippen molar-refractivity contribution in [3.63, 3.8) is 0 Å². The normalized spacial score (nSPS) is 11.6. The van der Waals surface area contributed by atoms with Crippen LogP contribution in [0.5, 0.6) is 0 Å². The summed E-state index contributed by atoms with van der Waals surface area (Å²) >= 11 is 25.1. The third kappa shape index (κ3) is 2.87. The molecule has 0 aliphatic carbocycles. The van der Waals surface area contributed by atoms with Gasteiger partial charge in [0.1, 0.15) is 0 Å². The van der Waals surface area contributed by atoms with E-state index in [1.165, 1.54) is 0 Å². The molecule has 2 aromatic rings. The first kappa shape index (κ1) is 14.6. The van der Waals surface area contributed by atoms with Gasteiger partial charge in [0.15, 0.2) is 4.33 Å². The topological polar surface area (TPSA) is 52.0 Å². The molecule has 2 rings (SSSR count). The minimum atomic E-state index is -1.38. The van der Waals surface area contributed by atoms with Crippen LogP contribution < -0.4 is 11.5 Å². The second-order valence-electron chi connectivity index (χ2n) is 4.06. The Bertz CT molecular complexity index is 586. The molecule has 0 spiro atoms. The summed E-state index contributed by atoms with van der Waals surface area (Å²) in [5, 5.41) is 0.624. The fourth-order valence-corrected chi connectivity index (χ4v) is 3.37. The SMILES string of the molecule is Nc1ccc(C(Cl)(Cl)c2c(Cl)cc(N)cc2Cl)cc1. The molecule has 0 unspecified atom stereocenters. The predicted octanol–water partition coefficient (Wildman–Crippen LogP) is 4.84. The van der Waals surface area contributed by atoms with Crippen LogP contribution >= 0.6 is 46.4 Å². The van der Waals surface area contributed by atoms with Gasteiger partial charge in [-0.3, -0.25) is 0 Å². The predicted molar refractivity (Wildman–Crippen MR) is 84.2 cm³/mol. The van der Waals surface area contributed by atoms with Crippen molar-refractivity contribution < 1.29 is 0 Å². The zero-order valence-electron chi connectivity index (χ0n) is 9.63. The lowest BCUT2D eigenvalue weighted by Gasteiger charge is -2.23. The molecule has 0 aliphatic rings. The number of rotatable bonds is 2. The molecule has 0 saturated carbocycles. The molecule has 100 valence electrons. The fraction of sp³-hybridized carbons (Fsp3) is 0.0769. The Hall–Kier alpha value is -0.800. The molecule has 0 amide bonds. The first-order valence-corrected chi connectivity index (χ1v) is 6.82. The minimum Gasteiger partial charge on any atom is -0.399 e. The zero-order chi connectivity index (χ0) is 14.2. The van der Waals surface area contributed by atoms with Gasteiger partial charge in [-0.05, 0) is 29.8 Å². The summed E-state index contributed by atoms with van der Waals surface area (Å²) < 4.78 is -1.38. The van der Waals surface area contributed by atoms with E-state index < -0.39 is 4.33 Å². The van der Waals surface area contributed by atoms with Gasteiger partial charge in [0.2, 0.25) is 0 Å². The van der Waals surface area contributed by atoms with E-state index in [1.54, 1.807) is 36.4 Å². The van der Waals surface area contributed by atoms with Crippen LogP contribution in [0.25, 0.3) is 0 Å². The largest absolute Gasteiger partial charge is 0.399 e. The van der Waals surface area contributed by atoms with Gasteiger partial charge in [-0.2, -0.15) is 0 Å². The molecular weight excluding hydrogens is 326 g/mol. The molecule has 2 aromatic carbocycles. The molecule has 4 N–H and O–H groups in total. The number of nitrogen functional groups attached to an aromatic ring is 2. The smallest absolute Gasteiger partial charge is 0.171 e. The number of hydrogen-bond acceptors (Lipinski definition) is 2. The van der Waals surface area contributed by atoms with Crippen LogP contribution in [0, 0.1) is 0 Å². The van der Waals surface area contributed by atoms with Crippen LogP contribution in [0.1, 0.15) is 11.1 Å². The standard InChI is InChI=1S/C13H10Cl4N2/c14-10-5-9(19)6-11(15)12(10)13(16,17)7-1-3-8(18)4-2-7/h1-6H,18-19H2. The Balaban J connectivity index is 2.59. The van der Waals surface area contributed by atoms with Crippen LogP contribution in [0.4, 0.5) is 11.4 Å². The average molecular weight is 336 g/mol. The molecule has 0 aromatic heterocycles. The lowest BCUT2D eigenvalue weighted by Crippen LogP contribution is -2.14. The van der Waals surface area contributed by atoms with Crippen LogP contribution in [-0.2, 0) is 4.33 Å². The molecule has 2 nitrogen and oxygen atoms in total. The average Bonchev–Trinajstić information content (AvgIpc) is 2.27. The Morgan fingerprint density at radius 2 is 1.26 bits per heavy atom. The summed E-state index contributed by atoms with van der Waals surface area (Å²) in [4.78, 5) is 0. The number of alkyl halides is 2. The Kier molecular flexibility index (Phi) is 4.07. The van der Waals surface area contributed by atoms with Crippen LogP contribution in [-0.4, -0.2) is 0 Å². The first-order chi connectivity index (χ1) is 8.82.